The molecule has 0 bridgehead atoms. The maximum atomic E-state index is 11.6. The molecule has 2 N–H and O–H groups in total. The standard InChI is InChI=1S/C14H27N3O2/c18-14(12-16-13-4-1-2-5-13)15-6-3-7-17-8-10-19-11-9-17/h13,16H,1-12H2,(H,15,18). The molecule has 1 aliphatic carbocycles. The summed E-state index contributed by atoms with van der Waals surface area (Å²) in [7, 11) is 0. The second-order valence-electron chi connectivity index (χ2n) is 5.52. The Balaban J connectivity index is 1.44. The van der Waals surface area contributed by atoms with E-state index in [4.69, 9.17) is 4.74 Å². The Morgan fingerprint density at radius 1 is 1.21 bits per heavy atom. The number of carbonyl (C=O) groups is 1. The number of hydrogen-bond donors (Lipinski definition) is 2. The molecule has 19 heavy (non-hydrogen) atoms. The highest BCUT2D eigenvalue weighted by Crippen LogP contribution is 2.17. The molecule has 1 heterocycles. The lowest BCUT2D eigenvalue weighted by Crippen LogP contribution is -2.40. The number of morpholine rings is 1. The highest BCUT2D eigenvalue weighted by Gasteiger charge is 2.15. The van der Waals surface area contributed by atoms with Gasteiger partial charge in [0, 0.05) is 25.7 Å². The zero-order valence-electron chi connectivity index (χ0n) is 11.8. The summed E-state index contributed by atoms with van der Waals surface area (Å²) in [5.41, 5.74) is 0. The monoisotopic (exact) mass is 269 g/mol. The highest BCUT2D eigenvalue weighted by atomic mass is 16.5. The fourth-order valence-corrected chi connectivity index (χ4v) is 2.78. The molecule has 0 radical (unpaired) electrons. The Kier molecular flexibility index (Phi) is 6.61. The van der Waals surface area contributed by atoms with Crippen molar-refractivity contribution in [3.05, 3.63) is 0 Å². The lowest BCUT2D eigenvalue weighted by molar-refractivity contribution is -0.120. The van der Waals surface area contributed by atoms with Gasteiger partial charge in [0.05, 0.1) is 19.8 Å². The molecule has 0 aromatic heterocycles. The Morgan fingerprint density at radius 3 is 2.68 bits per heavy atom. The van der Waals surface area contributed by atoms with Crippen molar-refractivity contribution >= 4 is 5.91 Å². The maximum Gasteiger partial charge on any atom is 0.233 e. The second-order valence-corrected chi connectivity index (χ2v) is 5.52. The van der Waals surface area contributed by atoms with E-state index in [1.807, 2.05) is 0 Å². The molecule has 0 aromatic carbocycles. The maximum absolute atomic E-state index is 11.6. The van der Waals surface area contributed by atoms with Gasteiger partial charge in [-0.3, -0.25) is 9.69 Å². The van der Waals surface area contributed by atoms with Crippen LogP contribution in [0.1, 0.15) is 32.1 Å². The van der Waals surface area contributed by atoms with Crippen LogP contribution in [0.2, 0.25) is 0 Å². The van der Waals surface area contributed by atoms with Gasteiger partial charge in [-0.25, -0.2) is 0 Å². The van der Waals surface area contributed by atoms with Crippen LogP contribution in [0, 0.1) is 0 Å². The van der Waals surface area contributed by atoms with Gasteiger partial charge < -0.3 is 15.4 Å². The third-order valence-corrected chi connectivity index (χ3v) is 3.98. The van der Waals surface area contributed by atoms with Crippen LogP contribution in [0.3, 0.4) is 0 Å². The van der Waals surface area contributed by atoms with E-state index in [9.17, 15) is 4.79 Å². The van der Waals surface area contributed by atoms with Crippen molar-refractivity contribution in [1.29, 1.82) is 0 Å². The van der Waals surface area contributed by atoms with E-state index in [2.05, 4.69) is 15.5 Å². The minimum atomic E-state index is 0.133. The summed E-state index contributed by atoms with van der Waals surface area (Å²) in [5.74, 6) is 0.133. The Bertz CT molecular complexity index is 261. The fourth-order valence-electron chi connectivity index (χ4n) is 2.78. The Hall–Kier alpha value is -0.650. The van der Waals surface area contributed by atoms with Gasteiger partial charge in [0.15, 0.2) is 0 Å². The molecule has 0 spiro atoms. The van der Waals surface area contributed by atoms with Crippen LogP contribution in [-0.4, -0.2) is 62.8 Å². The van der Waals surface area contributed by atoms with Crippen LogP contribution < -0.4 is 10.6 Å². The molecule has 0 atom stereocenters. The normalized spacial score (nSPS) is 21.7. The number of ether oxygens (including phenoxy) is 1. The van der Waals surface area contributed by atoms with Crippen molar-refractivity contribution in [2.45, 2.75) is 38.1 Å². The molecule has 5 nitrogen and oxygen atoms in total. The molecular weight excluding hydrogens is 242 g/mol. The topological polar surface area (TPSA) is 53.6 Å². The SMILES string of the molecule is O=C(CNC1CCCC1)NCCCN1CCOCC1. The van der Waals surface area contributed by atoms with Crippen LogP contribution in [0.25, 0.3) is 0 Å². The number of nitrogens with one attached hydrogen (secondary N) is 2. The number of nitrogens with zero attached hydrogens (tertiary/aromatic N) is 1. The molecule has 110 valence electrons. The van der Waals surface area contributed by atoms with Gasteiger partial charge in [0.25, 0.3) is 0 Å². The van der Waals surface area contributed by atoms with E-state index in [0.29, 0.717) is 12.6 Å². The van der Waals surface area contributed by atoms with Gasteiger partial charge in [-0.05, 0) is 25.8 Å². The van der Waals surface area contributed by atoms with Gasteiger partial charge in [-0.2, -0.15) is 0 Å². The predicted octanol–water partition coefficient (Wildman–Crippen LogP) is 0.357. The first-order valence-corrected chi connectivity index (χ1v) is 7.65. The summed E-state index contributed by atoms with van der Waals surface area (Å²) in [6.07, 6.45) is 6.08. The molecule has 2 rings (SSSR count). The first-order chi connectivity index (χ1) is 9.34. The first kappa shape index (κ1) is 14.8. The average Bonchev–Trinajstić information content (AvgIpc) is 2.96. The van der Waals surface area contributed by atoms with Crippen LogP contribution in [0.4, 0.5) is 0 Å². The van der Waals surface area contributed by atoms with Crippen LogP contribution in [-0.2, 0) is 9.53 Å². The molecule has 1 saturated carbocycles. The van der Waals surface area contributed by atoms with E-state index in [0.717, 1.165) is 45.8 Å². The van der Waals surface area contributed by atoms with E-state index in [-0.39, 0.29) is 5.91 Å². The zero-order valence-corrected chi connectivity index (χ0v) is 11.8. The van der Waals surface area contributed by atoms with Gasteiger partial charge >= 0.3 is 0 Å². The summed E-state index contributed by atoms with van der Waals surface area (Å²) in [6, 6.07) is 0.569. The van der Waals surface area contributed by atoms with Crippen molar-refractivity contribution in [2.24, 2.45) is 0 Å². The van der Waals surface area contributed by atoms with Gasteiger partial charge in [0.1, 0.15) is 0 Å². The fraction of sp³-hybridized carbons (Fsp3) is 0.929. The van der Waals surface area contributed by atoms with Crippen molar-refractivity contribution in [3.8, 4) is 0 Å². The van der Waals surface area contributed by atoms with Crippen LogP contribution >= 0.6 is 0 Å². The molecule has 0 aromatic rings. The first-order valence-electron chi connectivity index (χ1n) is 7.65. The zero-order chi connectivity index (χ0) is 13.3. The molecule has 1 amide bonds. The molecule has 0 unspecified atom stereocenters. The lowest BCUT2D eigenvalue weighted by atomic mass is 10.2. The van der Waals surface area contributed by atoms with Crippen molar-refractivity contribution in [3.63, 3.8) is 0 Å². The molecule has 1 aliphatic heterocycles. The van der Waals surface area contributed by atoms with Gasteiger partial charge in [-0.15, -0.1) is 0 Å². The lowest BCUT2D eigenvalue weighted by Gasteiger charge is -2.26. The third kappa shape index (κ3) is 5.89. The number of hydrogen-bond acceptors (Lipinski definition) is 4. The van der Waals surface area contributed by atoms with Crippen molar-refractivity contribution in [1.82, 2.24) is 15.5 Å². The Labute approximate surface area is 116 Å². The molecule has 1 saturated heterocycles. The third-order valence-electron chi connectivity index (χ3n) is 3.98. The summed E-state index contributed by atoms with van der Waals surface area (Å²) < 4.78 is 5.31. The van der Waals surface area contributed by atoms with E-state index in [1.165, 1.54) is 25.7 Å². The minimum absolute atomic E-state index is 0.133. The Morgan fingerprint density at radius 2 is 1.95 bits per heavy atom. The summed E-state index contributed by atoms with van der Waals surface area (Å²) in [5, 5.41) is 6.32. The molecule has 5 heteroatoms. The predicted molar refractivity (Wildman–Crippen MR) is 75.1 cm³/mol. The van der Waals surface area contributed by atoms with Crippen LogP contribution in [0.15, 0.2) is 0 Å². The molecule has 2 aliphatic rings. The molecular formula is C14H27N3O2. The summed E-state index contributed by atoms with van der Waals surface area (Å²) >= 11 is 0. The number of rotatable bonds is 7. The second kappa shape index (κ2) is 8.51. The van der Waals surface area contributed by atoms with Crippen LogP contribution in [0.5, 0.6) is 0 Å². The minimum Gasteiger partial charge on any atom is -0.379 e. The van der Waals surface area contributed by atoms with Gasteiger partial charge in [-0.1, -0.05) is 12.8 Å². The van der Waals surface area contributed by atoms with Crippen molar-refractivity contribution < 1.29 is 9.53 Å². The van der Waals surface area contributed by atoms with E-state index >= 15 is 0 Å². The number of carbonyl (C=O) groups excluding carboxylic acids is 1. The number of amides is 1. The smallest absolute Gasteiger partial charge is 0.233 e. The average molecular weight is 269 g/mol. The molecule has 2 fully saturated rings. The summed E-state index contributed by atoms with van der Waals surface area (Å²) in [4.78, 5) is 14.0. The van der Waals surface area contributed by atoms with E-state index in [1.54, 1.807) is 0 Å². The van der Waals surface area contributed by atoms with E-state index < -0.39 is 0 Å². The largest absolute Gasteiger partial charge is 0.379 e. The highest BCUT2D eigenvalue weighted by molar-refractivity contribution is 5.77. The summed E-state index contributed by atoms with van der Waals surface area (Å²) in [6.45, 7) is 6.05. The van der Waals surface area contributed by atoms with Gasteiger partial charge in [0.2, 0.25) is 5.91 Å². The quantitative estimate of drug-likeness (QED) is 0.655. The van der Waals surface area contributed by atoms with Crippen molar-refractivity contribution in [2.75, 3.05) is 45.9 Å².